The van der Waals surface area contributed by atoms with Crippen LogP contribution in [0, 0.1) is 0 Å². The lowest BCUT2D eigenvalue weighted by Gasteiger charge is -2.25. The summed E-state index contributed by atoms with van der Waals surface area (Å²) in [4.78, 5) is 20.8. The van der Waals surface area contributed by atoms with E-state index in [9.17, 15) is 9.59 Å². The van der Waals surface area contributed by atoms with Crippen LogP contribution in [0.3, 0.4) is 0 Å². The van der Waals surface area contributed by atoms with E-state index in [1.165, 1.54) is 0 Å². The Bertz CT molecular complexity index is 176. The van der Waals surface area contributed by atoms with Crippen LogP contribution in [0.1, 0.15) is 0 Å². The van der Waals surface area contributed by atoms with Crippen molar-refractivity contribution in [1.82, 2.24) is 10.6 Å². The maximum atomic E-state index is 10.4. The Morgan fingerprint density at radius 3 is 1.50 bits per heavy atom. The van der Waals surface area contributed by atoms with Gasteiger partial charge in [0.05, 0.1) is 0 Å². The summed E-state index contributed by atoms with van der Waals surface area (Å²) in [6.45, 7) is 0.290. The van der Waals surface area contributed by atoms with Crippen molar-refractivity contribution in [2.24, 2.45) is 0 Å². The van der Waals surface area contributed by atoms with E-state index in [-0.39, 0.29) is 13.1 Å². The van der Waals surface area contributed by atoms with Crippen LogP contribution in [0.5, 0.6) is 0 Å². The van der Waals surface area contributed by atoms with Gasteiger partial charge in [-0.05, 0) is 0 Å². The summed E-state index contributed by atoms with van der Waals surface area (Å²) in [7, 11) is 0. The number of carbonyl (C=O) groups is 2. The summed E-state index contributed by atoms with van der Waals surface area (Å²) in [6, 6.07) is -1.36. The van der Waals surface area contributed by atoms with Gasteiger partial charge in [0.1, 0.15) is 12.1 Å². The first-order chi connectivity index (χ1) is 5.61. The Morgan fingerprint density at radius 1 is 1.00 bits per heavy atom. The molecule has 0 aliphatic carbocycles. The van der Waals surface area contributed by atoms with Crippen LogP contribution in [-0.4, -0.2) is 47.3 Å². The van der Waals surface area contributed by atoms with E-state index in [1.54, 1.807) is 0 Å². The van der Waals surface area contributed by atoms with Gasteiger partial charge in [-0.25, -0.2) is 0 Å². The van der Waals surface area contributed by atoms with Crippen LogP contribution in [0.4, 0.5) is 0 Å². The van der Waals surface area contributed by atoms with Crippen molar-refractivity contribution < 1.29 is 19.8 Å². The minimum absolute atomic E-state index is 0.145. The third kappa shape index (κ3) is 1.93. The van der Waals surface area contributed by atoms with Gasteiger partial charge < -0.3 is 20.8 Å². The normalized spacial score (nSPS) is 29.7. The molecule has 1 aliphatic heterocycles. The summed E-state index contributed by atoms with van der Waals surface area (Å²) in [6.07, 6.45) is 0. The van der Waals surface area contributed by atoms with Crippen molar-refractivity contribution in [2.45, 2.75) is 12.1 Å². The highest BCUT2D eigenvalue weighted by molar-refractivity contribution is 5.77. The van der Waals surface area contributed by atoms with Crippen molar-refractivity contribution in [3.05, 3.63) is 0 Å². The first kappa shape index (κ1) is 8.95. The summed E-state index contributed by atoms with van der Waals surface area (Å²) >= 11 is 0. The minimum atomic E-state index is -0.966. The number of nitrogens with one attached hydrogen (secondary N) is 2. The van der Waals surface area contributed by atoms with Gasteiger partial charge in [0.15, 0.2) is 0 Å². The molecule has 0 radical (unpaired) electrons. The third-order valence-electron chi connectivity index (χ3n) is 1.73. The topological polar surface area (TPSA) is 98.7 Å². The van der Waals surface area contributed by atoms with Gasteiger partial charge in [0.2, 0.25) is 0 Å². The molecular weight excluding hydrogens is 164 g/mol. The van der Waals surface area contributed by atoms with Crippen LogP contribution in [0.15, 0.2) is 0 Å². The highest BCUT2D eigenvalue weighted by Gasteiger charge is 2.28. The quantitative estimate of drug-likeness (QED) is 0.390. The molecule has 0 spiro atoms. The highest BCUT2D eigenvalue weighted by Crippen LogP contribution is 1.93. The third-order valence-corrected chi connectivity index (χ3v) is 1.73. The number of aliphatic carboxylic acids is 2. The van der Waals surface area contributed by atoms with Crippen molar-refractivity contribution >= 4 is 11.9 Å². The Hall–Kier alpha value is -1.14. The number of piperazine rings is 1. The second-order valence-corrected chi connectivity index (χ2v) is 2.60. The zero-order valence-corrected chi connectivity index (χ0v) is 6.28. The molecule has 0 bridgehead atoms. The number of rotatable bonds is 2. The molecule has 0 aromatic heterocycles. The van der Waals surface area contributed by atoms with E-state index < -0.39 is 24.0 Å². The molecule has 1 aliphatic rings. The minimum Gasteiger partial charge on any atom is -0.480 e. The Kier molecular flexibility index (Phi) is 2.61. The lowest BCUT2D eigenvalue weighted by Crippen LogP contribution is -2.59. The number of hydrogen-bond acceptors (Lipinski definition) is 4. The Labute approximate surface area is 68.6 Å². The van der Waals surface area contributed by atoms with Crippen LogP contribution in [0.25, 0.3) is 0 Å². The van der Waals surface area contributed by atoms with Crippen molar-refractivity contribution in [3.8, 4) is 0 Å². The Balaban J connectivity index is 2.39. The summed E-state index contributed by atoms with van der Waals surface area (Å²) in [5.74, 6) is -1.93. The SMILES string of the molecule is O=C(O)[C@H]1CN[C@@H](C(=O)O)CN1. The van der Waals surface area contributed by atoms with E-state index in [2.05, 4.69) is 10.6 Å². The molecule has 0 amide bonds. The molecule has 68 valence electrons. The molecule has 4 N–H and O–H groups in total. The van der Waals surface area contributed by atoms with E-state index in [4.69, 9.17) is 10.2 Å². The van der Waals surface area contributed by atoms with Gasteiger partial charge in [0.25, 0.3) is 0 Å². The maximum Gasteiger partial charge on any atom is 0.322 e. The number of hydrogen-bond donors (Lipinski definition) is 4. The fraction of sp³-hybridized carbons (Fsp3) is 0.667. The molecule has 1 saturated heterocycles. The standard InChI is InChI=1S/C6H10N2O4/c9-5(10)3-1-7-4(2-8-3)6(11)12/h3-4,7-8H,1-2H2,(H,9,10)(H,11,12)/t3-,4-/m1/s1. The molecule has 0 unspecified atom stereocenters. The summed E-state index contributed by atoms with van der Waals surface area (Å²) in [5, 5.41) is 22.2. The molecule has 6 heteroatoms. The van der Waals surface area contributed by atoms with E-state index >= 15 is 0 Å². The predicted molar refractivity (Wildman–Crippen MR) is 38.9 cm³/mol. The van der Waals surface area contributed by atoms with E-state index in [0.717, 1.165) is 0 Å². The zero-order chi connectivity index (χ0) is 9.14. The van der Waals surface area contributed by atoms with Crippen LogP contribution < -0.4 is 10.6 Å². The lowest BCUT2D eigenvalue weighted by molar-refractivity contribution is -0.144. The van der Waals surface area contributed by atoms with E-state index in [0.29, 0.717) is 0 Å². The second kappa shape index (κ2) is 3.51. The second-order valence-electron chi connectivity index (χ2n) is 2.60. The molecule has 1 fully saturated rings. The first-order valence-electron chi connectivity index (χ1n) is 3.53. The lowest BCUT2D eigenvalue weighted by atomic mass is 10.1. The molecule has 0 aromatic rings. The monoisotopic (exact) mass is 174 g/mol. The van der Waals surface area contributed by atoms with Crippen molar-refractivity contribution in [3.63, 3.8) is 0 Å². The zero-order valence-electron chi connectivity index (χ0n) is 6.28. The Morgan fingerprint density at radius 2 is 1.33 bits per heavy atom. The average Bonchev–Trinajstić information content (AvgIpc) is 2.04. The largest absolute Gasteiger partial charge is 0.480 e. The number of carboxylic acids is 2. The fourth-order valence-electron chi connectivity index (χ4n) is 1.01. The van der Waals surface area contributed by atoms with Gasteiger partial charge >= 0.3 is 11.9 Å². The van der Waals surface area contributed by atoms with Crippen LogP contribution in [0.2, 0.25) is 0 Å². The van der Waals surface area contributed by atoms with Crippen LogP contribution in [-0.2, 0) is 9.59 Å². The van der Waals surface area contributed by atoms with Gasteiger partial charge in [-0.3, -0.25) is 9.59 Å². The molecule has 6 nitrogen and oxygen atoms in total. The summed E-state index contributed by atoms with van der Waals surface area (Å²) < 4.78 is 0. The molecule has 2 atom stereocenters. The molecule has 0 aromatic carbocycles. The van der Waals surface area contributed by atoms with Gasteiger partial charge in [0, 0.05) is 13.1 Å². The van der Waals surface area contributed by atoms with Crippen LogP contribution >= 0.6 is 0 Å². The maximum absolute atomic E-state index is 10.4. The molecule has 1 rings (SSSR count). The molecular formula is C6H10N2O4. The molecule has 12 heavy (non-hydrogen) atoms. The highest BCUT2D eigenvalue weighted by atomic mass is 16.4. The van der Waals surface area contributed by atoms with Gasteiger partial charge in [-0.1, -0.05) is 0 Å². The van der Waals surface area contributed by atoms with Gasteiger partial charge in [-0.15, -0.1) is 0 Å². The van der Waals surface area contributed by atoms with E-state index in [1.807, 2.05) is 0 Å². The predicted octanol–water partition coefficient (Wildman–Crippen LogP) is -1.91. The van der Waals surface area contributed by atoms with Crippen molar-refractivity contribution in [2.75, 3.05) is 13.1 Å². The fourth-order valence-corrected chi connectivity index (χ4v) is 1.01. The first-order valence-corrected chi connectivity index (χ1v) is 3.53. The molecule has 1 heterocycles. The average molecular weight is 174 g/mol. The molecule has 0 saturated carbocycles. The van der Waals surface area contributed by atoms with Crippen molar-refractivity contribution in [1.29, 1.82) is 0 Å². The number of carboxylic acid groups (broad SMARTS) is 2. The summed E-state index contributed by atoms with van der Waals surface area (Å²) in [5.41, 5.74) is 0. The van der Waals surface area contributed by atoms with Gasteiger partial charge in [-0.2, -0.15) is 0 Å². The smallest absolute Gasteiger partial charge is 0.322 e.